The van der Waals surface area contributed by atoms with Crippen molar-refractivity contribution in [3.8, 4) is 0 Å². The van der Waals surface area contributed by atoms with Gasteiger partial charge in [0.05, 0.1) is 0 Å². The van der Waals surface area contributed by atoms with Crippen molar-refractivity contribution < 1.29 is 47.3 Å². The first-order chi connectivity index (χ1) is 11.1. The molecule has 0 amide bonds. The Balaban J connectivity index is 3.08. The van der Waals surface area contributed by atoms with Gasteiger partial charge in [-0.1, -0.05) is 0 Å². The molecule has 0 aliphatic carbocycles. The van der Waals surface area contributed by atoms with Crippen molar-refractivity contribution in [1.29, 1.82) is 0 Å². The fraction of sp³-hybridized carbons (Fsp3) is 0.714. The minimum Gasteiger partial charge on any atom is -0.463 e. The normalized spacial score (nSPS) is 29.3. The Labute approximate surface area is 137 Å². The molecule has 1 heterocycles. The number of halogens is 1. The Hall–Kier alpha value is -2.23. The predicted octanol–water partition coefficient (Wildman–Crippen LogP) is 0.0390. The summed E-state index contributed by atoms with van der Waals surface area (Å²) in [6.45, 7) is 3.86. The third-order valence-corrected chi connectivity index (χ3v) is 2.91. The molecule has 1 fully saturated rings. The summed E-state index contributed by atoms with van der Waals surface area (Å²) in [4.78, 5) is 44.5. The molecule has 0 aromatic rings. The van der Waals surface area contributed by atoms with Crippen molar-refractivity contribution >= 4 is 23.9 Å². The average molecular weight is 350 g/mol. The SMILES string of the molecule is CC(=O)OC[C@H]1OC(OC(C)=O)[C@H](F)[C@@H](OC(C)=O)[C@@H]1OC(C)=O. The molecule has 0 aromatic carbocycles. The maximum atomic E-state index is 14.5. The number of rotatable bonds is 5. The second-order valence-corrected chi connectivity index (χ2v) is 5.05. The van der Waals surface area contributed by atoms with Crippen LogP contribution in [0.2, 0.25) is 0 Å². The highest BCUT2D eigenvalue weighted by Crippen LogP contribution is 2.29. The summed E-state index contributed by atoms with van der Waals surface area (Å²) >= 11 is 0. The maximum Gasteiger partial charge on any atom is 0.305 e. The van der Waals surface area contributed by atoms with Gasteiger partial charge in [-0.2, -0.15) is 0 Å². The first-order valence-corrected chi connectivity index (χ1v) is 7.06. The topological polar surface area (TPSA) is 114 Å². The molecule has 0 bridgehead atoms. The number of hydrogen-bond donors (Lipinski definition) is 0. The van der Waals surface area contributed by atoms with Crippen molar-refractivity contribution in [3.63, 3.8) is 0 Å². The molecule has 1 saturated heterocycles. The molecular weight excluding hydrogens is 331 g/mol. The van der Waals surface area contributed by atoms with Crippen molar-refractivity contribution in [2.24, 2.45) is 0 Å². The molecule has 0 spiro atoms. The fourth-order valence-electron chi connectivity index (χ4n) is 2.12. The van der Waals surface area contributed by atoms with E-state index in [4.69, 9.17) is 23.7 Å². The van der Waals surface area contributed by atoms with Gasteiger partial charge in [0.1, 0.15) is 12.7 Å². The standard InChI is InChI=1S/C14H19FO9/c1-6(16)20-5-10-12(21-7(2)17)13(22-8(3)18)11(15)14(24-10)23-9(4)19/h10-14H,5H2,1-4H3/t10-,11-,12-,13-,14?/m1/s1. The minimum absolute atomic E-state index is 0.421. The molecule has 10 heteroatoms. The summed E-state index contributed by atoms with van der Waals surface area (Å²) in [5.74, 6) is -3.11. The minimum atomic E-state index is -2.10. The zero-order valence-electron chi connectivity index (χ0n) is 13.6. The third kappa shape index (κ3) is 5.76. The molecule has 1 rings (SSSR count). The second kappa shape index (κ2) is 8.57. The van der Waals surface area contributed by atoms with Gasteiger partial charge in [0.25, 0.3) is 0 Å². The van der Waals surface area contributed by atoms with E-state index in [9.17, 15) is 23.6 Å². The molecule has 0 aromatic heterocycles. The number of carbonyl (C=O) groups excluding carboxylic acids is 4. The lowest BCUT2D eigenvalue weighted by molar-refractivity contribution is -0.284. The molecule has 9 nitrogen and oxygen atoms in total. The maximum absolute atomic E-state index is 14.5. The molecule has 24 heavy (non-hydrogen) atoms. The Morgan fingerprint density at radius 2 is 1.33 bits per heavy atom. The van der Waals surface area contributed by atoms with Crippen LogP contribution in [0.3, 0.4) is 0 Å². The summed E-state index contributed by atoms with van der Waals surface area (Å²) in [5, 5.41) is 0. The number of esters is 4. The highest BCUT2D eigenvalue weighted by atomic mass is 19.1. The van der Waals surface area contributed by atoms with Crippen LogP contribution in [-0.4, -0.2) is 61.3 Å². The molecule has 136 valence electrons. The molecule has 5 atom stereocenters. The van der Waals surface area contributed by atoms with Gasteiger partial charge in [-0.05, 0) is 0 Å². The van der Waals surface area contributed by atoms with Crippen LogP contribution in [0.5, 0.6) is 0 Å². The summed E-state index contributed by atoms with van der Waals surface area (Å²) < 4.78 is 39.0. The van der Waals surface area contributed by atoms with Gasteiger partial charge in [0, 0.05) is 27.7 Å². The van der Waals surface area contributed by atoms with Crippen LogP contribution >= 0.6 is 0 Å². The van der Waals surface area contributed by atoms with Gasteiger partial charge in [-0.25, -0.2) is 4.39 Å². The summed E-state index contributed by atoms with van der Waals surface area (Å²) in [7, 11) is 0. The largest absolute Gasteiger partial charge is 0.463 e. The predicted molar refractivity (Wildman–Crippen MR) is 73.1 cm³/mol. The van der Waals surface area contributed by atoms with Gasteiger partial charge in [0.15, 0.2) is 12.2 Å². The molecule has 0 saturated carbocycles. The van der Waals surface area contributed by atoms with Gasteiger partial charge in [0.2, 0.25) is 12.5 Å². The van der Waals surface area contributed by atoms with Crippen LogP contribution in [0.25, 0.3) is 0 Å². The lowest BCUT2D eigenvalue weighted by Gasteiger charge is -2.41. The number of ether oxygens (including phenoxy) is 5. The second-order valence-electron chi connectivity index (χ2n) is 5.05. The van der Waals surface area contributed by atoms with Gasteiger partial charge >= 0.3 is 23.9 Å². The van der Waals surface area contributed by atoms with Crippen LogP contribution < -0.4 is 0 Å². The van der Waals surface area contributed by atoms with Crippen LogP contribution in [0.1, 0.15) is 27.7 Å². The zero-order valence-corrected chi connectivity index (χ0v) is 13.6. The first-order valence-electron chi connectivity index (χ1n) is 7.06. The van der Waals surface area contributed by atoms with Crippen molar-refractivity contribution in [2.45, 2.75) is 58.5 Å². The zero-order chi connectivity index (χ0) is 18.4. The van der Waals surface area contributed by atoms with E-state index in [-0.39, 0.29) is 0 Å². The molecule has 1 unspecified atom stereocenters. The quantitative estimate of drug-likeness (QED) is 0.500. The van der Waals surface area contributed by atoms with E-state index in [0.717, 1.165) is 27.7 Å². The Bertz CT molecular complexity index is 490. The van der Waals surface area contributed by atoms with Gasteiger partial charge in [-0.3, -0.25) is 19.2 Å². The van der Waals surface area contributed by atoms with E-state index < -0.39 is 61.3 Å². The molecule has 1 aliphatic heterocycles. The van der Waals surface area contributed by atoms with Crippen LogP contribution in [-0.2, 0) is 42.9 Å². The third-order valence-electron chi connectivity index (χ3n) is 2.91. The van der Waals surface area contributed by atoms with Crippen molar-refractivity contribution in [3.05, 3.63) is 0 Å². The Morgan fingerprint density at radius 3 is 1.79 bits per heavy atom. The monoisotopic (exact) mass is 350 g/mol. The van der Waals surface area contributed by atoms with Gasteiger partial charge < -0.3 is 23.7 Å². The van der Waals surface area contributed by atoms with E-state index in [1.54, 1.807) is 0 Å². The van der Waals surface area contributed by atoms with Crippen molar-refractivity contribution in [1.82, 2.24) is 0 Å². The summed E-state index contributed by atoms with van der Waals surface area (Å²) in [6, 6.07) is 0. The lowest BCUT2D eigenvalue weighted by atomic mass is 9.99. The smallest absolute Gasteiger partial charge is 0.305 e. The summed E-state index contributed by atoms with van der Waals surface area (Å²) in [5.41, 5.74) is 0. The van der Waals surface area contributed by atoms with E-state index in [1.165, 1.54) is 0 Å². The van der Waals surface area contributed by atoms with Crippen molar-refractivity contribution in [2.75, 3.05) is 6.61 Å². The fourth-order valence-corrected chi connectivity index (χ4v) is 2.12. The van der Waals surface area contributed by atoms with Crippen LogP contribution in [0, 0.1) is 0 Å². The average Bonchev–Trinajstić information content (AvgIpc) is 2.42. The molecule has 0 radical (unpaired) electrons. The van der Waals surface area contributed by atoms with E-state index in [0.29, 0.717) is 0 Å². The molecular formula is C14H19FO9. The Morgan fingerprint density at radius 1 is 0.833 bits per heavy atom. The highest BCUT2D eigenvalue weighted by Gasteiger charge is 2.52. The van der Waals surface area contributed by atoms with Crippen LogP contribution in [0.4, 0.5) is 4.39 Å². The summed E-state index contributed by atoms with van der Waals surface area (Å²) in [6.07, 6.45) is -7.98. The molecule has 1 aliphatic rings. The number of alkyl halides is 1. The van der Waals surface area contributed by atoms with E-state index >= 15 is 0 Å². The molecule has 0 N–H and O–H groups in total. The van der Waals surface area contributed by atoms with E-state index in [2.05, 4.69) is 0 Å². The number of hydrogen-bond acceptors (Lipinski definition) is 9. The number of carbonyl (C=O) groups is 4. The highest BCUT2D eigenvalue weighted by molar-refractivity contribution is 5.68. The Kier molecular flexibility index (Phi) is 7.08. The van der Waals surface area contributed by atoms with Crippen LogP contribution in [0.15, 0.2) is 0 Å². The van der Waals surface area contributed by atoms with E-state index in [1.807, 2.05) is 0 Å². The lowest BCUT2D eigenvalue weighted by Crippen LogP contribution is -2.60. The first kappa shape index (κ1) is 19.8. The van der Waals surface area contributed by atoms with Gasteiger partial charge in [-0.15, -0.1) is 0 Å².